The molecule has 2 heterocycles. The van der Waals surface area contributed by atoms with Gasteiger partial charge in [-0.15, -0.1) is 0 Å². The number of hydrogen-bond acceptors (Lipinski definition) is 9. The van der Waals surface area contributed by atoms with E-state index >= 15 is 0 Å². The largest absolute Gasteiger partial charge is 0.457 e. The molecule has 2 aliphatic rings. The van der Waals surface area contributed by atoms with Crippen LogP contribution in [0.1, 0.15) is 74.1 Å². The Hall–Kier alpha value is -2.04. The molecule has 9 heteroatoms. The summed E-state index contributed by atoms with van der Waals surface area (Å²) in [6.07, 6.45) is 5.87. The lowest BCUT2D eigenvalue weighted by atomic mass is 9.88. The normalized spacial score (nSPS) is 36.6. The molecule has 0 amide bonds. The van der Waals surface area contributed by atoms with E-state index in [1.54, 1.807) is 26.0 Å². The first-order valence-corrected chi connectivity index (χ1v) is 13.9. The Morgan fingerprint density at radius 3 is 2.51 bits per heavy atom. The number of epoxide rings is 1. The molecule has 39 heavy (non-hydrogen) atoms. The van der Waals surface area contributed by atoms with E-state index in [1.165, 1.54) is 6.92 Å². The van der Waals surface area contributed by atoms with Crippen LogP contribution in [0.25, 0.3) is 0 Å². The Labute approximate surface area is 232 Å². The second kappa shape index (κ2) is 14.6. The predicted molar refractivity (Wildman–Crippen MR) is 146 cm³/mol. The molecule has 2 aliphatic heterocycles. The van der Waals surface area contributed by atoms with Crippen LogP contribution in [0, 0.1) is 17.8 Å². The van der Waals surface area contributed by atoms with Crippen molar-refractivity contribution in [1.29, 1.82) is 0 Å². The van der Waals surface area contributed by atoms with Crippen LogP contribution in [0.15, 0.2) is 36.0 Å². The molecule has 9 nitrogen and oxygen atoms in total. The first kappa shape index (κ1) is 33.2. The molecule has 0 spiro atoms. The minimum Gasteiger partial charge on any atom is -0.457 e. The summed E-state index contributed by atoms with van der Waals surface area (Å²) in [6, 6.07) is 0. The first-order chi connectivity index (χ1) is 18.1. The van der Waals surface area contributed by atoms with Crippen LogP contribution < -0.4 is 0 Å². The summed E-state index contributed by atoms with van der Waals surface area (Å²) in [5, 5.41) is 41.0. The molecule has 4 N–H and O–H groups in total. The smallest absolute Gasteiger partial charge is 0.309 e. The van der Waals surface area contributed by atoms with Gasteiger partial charge in [0, 0.05) is 18.8 Å². The Morgan fingerprint density at radius 1 is 1.23 bits per heavy atom. The summed E-state index contributed by atoms with van der Waals surface area (Å²) >= 11 is 0. The summed E-state index contributed by atoms with van der Waals surface area (Å²) in [7, 11) is 0. The van der Waals surface area contributed by atoms with Gasteiger partial charge in [0.25, 0.3) is 0 Å². The molecule has 0 bridgehead atoms. The molecular weight excluding hydrogens is 504 g/mol. The molecule has 222 valence electrons. The van der Waals surface area contributed by atoms with Gasteiger partial charge in [-0.25, -0.2) is 0 Å². The lowest BCUT2D eigenvalue weighted by Gasteiger charge is -2.32. The summed E-state index contributed by atoms with van der Waals surface area (Å²) in [5.41, 5.74) is -0.623. The van der Waals surface area contributed by atoms with Crippen molar-refractivity contribution in [3.63, 3.8) is 0 Å². The van der Waals surface area contributed by atoms with Gasteiger partial charge in [0.05, 0.1) is 36.9 Å². The van der Waals surface area contributed by atoms with E-state index in [2.05, 4.69) is 6.92 Å². The van der Waals surface area contributed by atoms with Gasteiger partial charge in [0.2, 0.25) is 0 Å². The van der Waals surface area contributed by atoms with Crippen molar-refractivity contribution >= 4 is 11.9 Å². The third-order valence-corrected chi connectivity index (χ3v) is 7.64. The molecule has 0 aromatic carbocycles. The van der Waals surface area contributed by atoms with Crippen molar-refractivity contribution in [2.24, 2.45) is 17.8 Å². The lowest BCUT2D eigenvalue weighted by Crippen LogP contribution is -2.42. The highest BCUT2D eigenvalue weighted by atomic mass is 16.6. The van der Waals surface area contributed by atoms with Gasteiger partial charge in [-0.1, -0.05) is 45.1 Å². The molecule has 1 saturated heterocycles. The number of aliphatic hydroxyl groups excluding tert-OH is 3. The Balaban J connectivity index is 2.11. The minimum atomic E-state index is -1.41. The fraction of sp³-hybridized carbons (Fsp3) is 0.733. The summed E-state index contributed by atoms with van der Waals surface area (Å²) in [4.78, 5) is 24.3. The quantitative estimate of drug-likeness (QED) is 0.147. The zero-order valence-electron chi connectivity index (χ0n) is 24.3. The van der Waals surface area contributed by atoms with E-state index in [0.717, 1.165) is 12.0 Å². The van der Waals surface area contributed by atoms with Crippen molar-refractivity contribution in [2.45, 2.75) is 122 Å². The highest BCUT2D eigenvalue weighted by molar-refractivity contribution is 5.70. The zero-order valence-corrected chi connectivity index (χ0v) is 24.3. The number of rotatable bonds is 9. The molecule has 0 aromatic heterocycles. The van der Waals surface area contributed by atoms with Crippen LogP contribution in [-0.2, 0) is 23.8 Å². The van der Waals surface area contributed by atoms with Gasteiger partial charge in [-0.05, 0) is 57.6 Å². The highest BCUT2D eigenvalue weighted by Gasteiger charge is 2.46. The predicted octanol–water partition coefficient (Wildman–Crippen LogP) is 2.99. The van der Waals surface area contributed by atoms with Crippen molar-refractivity contribution in [3.05, 3.63) is 36.0 Å². The SMILES string of the molecule is CC(=O)OC1/C=C\C(C)C(/C(C)=C/C=C/C(C)CC2OC2C(C)C(O)C(C)O)OC(=O)CC(O)CCC1(C)O. The van der Waals surface area contributed by atoms with Gasteiger partial charge in [0.15, 0.2) is 0 Å². The fourth-order valence-electron chi connectivity index (χ4n) is 5.01. The molecule has 0 aromatic rings. The van der Waals surface area contributed by atoms with E-state index < -0.39 is 48.1 Å². The number of carbonyl (C=O) groups excluding carboxylic acids is 2. The summed E-state index contributed by atoms with van der Waals surface area (Å²) in [6.45, 7) is 12.1. The summed E-state index contributed by atoms with van der Waals surface area (Å²) in [5.74, 6) is -1.32. The third kappa shape index (κ3) is 10.5. The second-order valence-corrected chi connectivity index (χ2v) is 11.7. The first-order valence-electron chi connectivity index (χ1n) is 13.9. The van der Waals surface area contributed by atoms with Crippen LogP contribution in [0.2, 0.25) is 0 Å². The van der Waals surface area contributed by atoms with Crippen molar-refractivity contribution in [2.75, 3.05) is 0 Å². The second-order valence-electron chi connectivity index (χ2n) is 11.7. The molecule has 1 fully saturated rings. The standard InChI is InChI=1S/C30H48O9/c1-17(15-24-29(38-24)20(4)27(35)21(5)31)9-8-10-18(2)28-19(3)11-12-25(37-22(6)32)30(7,36)14-13-23(33)16-26(34)39-28/h8-12,17,19-21,23-25,27-29,31,33,35-36H,13-16H2,1-7H3/b9-8+,12-11-,18-10+. The molecular formula is C30H48O9. The van der Waals surface area contributed by atoms with Crippen molar-refractivity contribution < 1.29 is 44.2 Å². The van der Waals surface area contributed by atoms with Crippen LogP contribution in [0.3, 0.4) is 0 Å². The van der Waals surface area contributed by atoms with Gasteiger partial charge in [-0.2, -0.15) is 0 Å². The molecule has 11 unspecified atom stereocenters. The number of cyclic esters (lactones) is 1. The number of esters is 2. The van der Waals surface area contributed by atoms with E-state index in [9.17, 15) is 30.0 Å². The van der Waals surface area contributed by atoms with Gasteiger partial charge < -0.3 is 34.6 Å². The molecule has 0 radical (unpaired) electrons. The van der Waals surface area contributed by atoms with Gasteiger partial charge >= 0.3 is 11.9 Å². The fourth-order valence-corrected chi connectivity index (χ4v) is 5.01. The molecule has 2 rings (SSSR count). The maximum atomic E-state index is 12.6. The van der Waals surface area contributed by atoms with Crippen LogP contribution in [0.5, 0.6) is 0 Å². The summed E-state index contributed by atoms with van der Waals surface area (Å²) < 4.78 is 16.9. The van der Waals surface area contributed by atoms with E-state index in [1.807, 2.05) is 39.0 Å². The van der Waals surface area contributed by atoms with Gasteiger partial charge in [0.1, 0.15) is 17.8 Å². The topological polar surface area (TPSA) is 146 Å². The minimum absolute atomic E-state index is 0.0318. The molecule has 0 saturated carbocycles. The van der Waals surface area contributed by atoms with Gasteiger partial charge in [-0.3, -0.25) is 9.59 Å². The molecule has 0 aliphatic carbocycles. The number of hydrogen-bond donors (Lipinski definition) is 4. The average molecular weight is 553 g/mol. The Bertz CT molecular complexity index is 906. The molecule has 11 atom stereocenters. The van der Waals surface area contributed by atoms with E-state index in [0.29, 0.717) is 0 Å². The van der Waals surface area contributed by atoms with E-state index in [4.69, 9.17) is 14.2 Å². The van der Waals surface area contributed by atoms with Crippen LogP contribution in [-0.4, -0.2) is 80.7 Å². The number of ether oxygens (including phenoxy) is 3. The number of allylic oxidation sites excluding steroid dienone is 3. The zero-order chi connectivity index (χ0) is 29.5. The maximum Gasteiger partial charge on any atom is 0.309 e. The maximum absolute atomic E-state index is 12.6. The Kier molecular flexibility index (Phi) is 12.4. The highest BCUT2D eigenvalue weighted by Crippen LogP contribution is 2.36. The van der Waals surface area contributed by atoms with Crippen LogP contribution in [0.4, 0.5) is 0 Å². The lowest BCUT2D eigenvalue weighted by molar-refractivity contribution is -0.157. The van der Waals surface area contributed by atoms with Crippen molar-refractivity contribution in [3.8, 4) is 0 Å². The van der Waals surface area contributed by atoms with E-state index in [-0.39, 0.29) is 49.2 Å². The average Bonchev–Trinajstić information content (AvgIpc) is 3.60. The number of carbonyl (C=O) groups is 2. The Morgan fingerprint density at radius 2 is 1.90 bits per heavy atom. The monoisotopic (exact) mass is 552 g/mol. The number of aliphatic hydroxyl groups is 4. The third-order valence-electron chi connectivity index (χ3n) is 7.64. The van der Waals surface area contributed by atoms with Crippen LogP contribution >= 0.6 is 0 Å². The van der Waals surface area contributed by atoms with Crippen molar-refractivity contribution in [1.82, 2.24) is 0 Å².